The zero-order valence-corrected chi connectivity index (χ0v) is 19.5. The van der Waals surface area contributed by atoms with Gasteiger partial charge >= 0.3 is 6.18 Å². The van der Waals surface area contributed by atoms with E-state index in [0.717, 1.165) is 29.5 Å². The number of nitrogens with zero attached hydrogens (tertiary/aromatic N) is 4. The van der Waals surface area contributed by atoms with Crippen LogP contribution in [-0.4, -0.2) is 38.6 Å². The van der Waals surface area contributed by atoms with Gasteiger partial charge in [-0.1, -0.05) is 51.5 Å². The number of ketones is 1. The minimum absolute atomic E-state index is 0.00273. The van der Waals surface area contributed by atoms with Gasteiger partial charge in [0.2, 0.25) is 0 Å². The highest BCUT2D eigenvalue weighted by Gasteiger charge is 2.40. The third-order valence-electron chi connectivity index (χ3n) is 6.30. The lowest BCUT2D eigenvalue weighted by Gasteiger charge is -2.13. The number of Topliss-reactive ketones (excluding diaryl/α,β-unsaturated/α-hetero) is 1. The molecule has 0 saturated carbocycles. The molecule has 0 saturated heterocycles. The summed E-state index contributed by atoms with van der Waals surface area (Å²) in [6.07, 6.45) is 4.23. The number of rotatable bonds is 8. The third kappa shape index (κ3) is 4.67. The summed E-state index contributed by atoms with van der Waals surface area (Å²) in [5.74, 6) is 0.494. The molecule has 0 unspecified atom stereocenters. The molecular formula is C26H27F3N4O. The van der Waals surface area contributed by atoms with Crippen LogP contribution < -0.4 is 0 Å². The molecule has 178 valence electrons. The predicted molar refractivity (Wildman–Crippen MR) is 126 cm³/mol. The van der Waals surface area contributed by atoms with Gasteiger partial charge in [-0.2, -0.15) is 13.2 Å². The maximum atomic E-state index is 13.4. The van der Waals surface area contributed by atoms with Gasteiger partial charge in [-0.05, 0) is 23.5 Å². The van der Waals surface area contributed by atoms with Crippen LogP contribution >= 0.6 is 0 Å². The van der Waals surface area contributed by atoms with Crippen molar-refractivity contribution in [1.29, 1.82) is 0 Å². The normalized spacial score (nSPS) is 14.9. The van der Waals surface area contributed by atoms with E-state index in [1.54, 1.807) is 16.8 Å². The second-order valence-electron chi connectivity index (χ2n) is 8.68. The molecule has 0 aliphatic carbocycles. The zero-order valence-electron chi connectivity index (χ0n) is 19.5. The van der Waals surface area contributed by atoms with Crippen LogP contribution in [0.4, 0.5) is 13.2 Å². The van der Waals surface area contributed by atoms with Crippen LogP contribution in [0, 0.1) is 5.92 Å². The average Bonchev–Trinajstić information content (AvgIpc) is 3.46. The summed E-state index contributed by atoms with van der Waals surface area (Å²) in [6.45, 7) is 6.18. The van der Waals surface area contributed by atoms with Gasteiger partial charge in [-0.15, -0.1) is 0 Å². The van der Waals surface area contributed by atoms with E-state index in [0.29, 0.717) is 35.8 Å². The number of aromatic nitrogens is 3. The fraction of sp³-hybridized carbons (Fsp3) is 0.385. The molecule has 4 rings (SSSR count). The number of carbonyl (C=O) groups excluding carboxylic acids is 1. The van der Waals surface area contributed by atoms with Crippen molar-refractivity contribution in [3.63, 3.8) is 0 Å². The van der Waals surface area contributed by atoms with Crippen molar-refractivity contribution >= 4 is 22.7 Å². The van der Waals surface area contributed by atoms with Crippen molar-refractivity contribution in [3.8, 4) is 0 Å². The van der Waals surface area contributed by atoms with Crippen LogP contribution in [0.5, 0.6) is 0 Å². The molecule has 3 heterocycles. The number of carbonyl (C=O) groups is 1. The van der Waals surface area contributed by atoms with Crippen molar-refractivity contribution in [2.45, 2.75) is 52.6 Å². The molecule has 1 aromatic carbocycles. The SMILES string of the molecule is CCc1cc(Cc2nccn3c(C4=CCN=C4C(F)(F)F)cnc23)ccc1C(=O)C[C@H](C)CC. The van der Waals surface area contributed by atoms with Gasteiger partial charge < -0.3 is 0 Å². The fourth-order valence-corrected chi connectivity index (χ4v) is 4.26. The Morgan fingerprint density at radius 3 is 2.71 bits per heavy atom. The fourth-order valence-electron chi connectivity index (χ4n) is 4.26. The number of imidazole rings is 1. The van der Waals surface area contributed by atoms with E-state index in [1.165, 1.54) is 12.3 Å². The number of alkyl halides is 3. The first-order valence-corrected chi connectivity index (χ1v) is 11.5. The Morgan fingerprint density at radius 2 is 2.00 bits per heavy atom. The summed E-state index contributed by atoms with van der Waals surface area (Å²) in [5.41, 5.74) is 3.37. The van der Waals surface area contributed by atoms with E-state index in [4.69, 9.17) is 0 Å². The predicted octanol–water partition coefficient (Wildman–Crippen LogP) is 5.90. The second kappa shape index (κ2) is 9.52. The first-order chi connectivity index (χ1) is 16.2. The number of fused-ring (bicyclic) bond motifs is 1. The Labute approximate surface area is 196 Å². The number of hydrogen-bond acceptors (Lipinski definition) is 4. The smallest absolute Gasteiger partial charge is 0.297 e. The Morgan fingerprint density at radius 1 is 1.21 bits per heavy atom. The number of aryl methyl sites for hydroxylation is 1. The van der Waals surface area contributed by atoms with E-state index in [2.05, 4.69) is 28.8 Å². The summed E-state index contributed by atoms with van der Waals surface area (Å²) in [4.78, 5) is 25.2. The topological polar surface area (TPSA) is 59.6 Å². The molecular weight excluding hydrogens is 441 g/mol. The molecule has 5 nitrogen and oxygen atoms in total. The second-order valence-corrected chi connectivity index (χ2v) is 8.68. The molecule has 2 aromatic heterocycles. The largest absolute Gasteiger partial charge is 0.433 e. The Balaban J connectivity index is 1.64. The van der Waals surface area contributed by atoms with E-state index >= 15 is 0 Å². The number of aliphatic imine (C=N–C) groups is 1. The summed E-state index contributed by atoms with van der Waals surface area (Å²) < 4.78 is 41.8. The van der Waals surface area contributed by atoms with Gasteiger partial charge in [0, 0.05) is 36.4 Å². The molecule has 0 bridgehead atoms. The van der Waals surface area contributed by atoms with Crippen molar-refractivity contribution in [2.24, 2.45) is 10.9 Å². The number of allylic oxidation sites excluding steroid dienone is 1. The van der Waals surface area contributed by atoms with Crippen LogP contribution in [0.1, 0.15) is 66.5 Å². The van der Waals surface area contributed by atoms with Gasteiger partial charge in [0.05, 0.1) is 24.1 Å². The lowest BCUT2D eigenvalue weighted by Crippen LogP contribution is -2.23. The quantitative estimate of drug-likeness (QED) is 0.387. The Hall–Kier alpha value is -3.29. The van der Waals surface area contributed by atoms with Crippen molar-refractivity contribution < 1.29 is 18.0 Å². The summed E-state index contributed by atoms with van der Waals surface area (Å²) in [6, 6.07) is 5.82. The van der Waals surface area contributed by atoms with Crippen molar-refractivity contribution in [2.75, 3.05) is 6.54 Å². The molecule has 0 radical (unpaired) electrons. The average molecular weight is 469 g/mol. The van der Waals surface area contributed by atoms with Crippen LogP contribution in [0.15, 0.2) is 47.9 Å². The molecule has 0 fully saturated rings. The number of hydrogen-bond donors (Lipinski definition) is 0. The van der Waals surface area contributed by atoms with E-state index < -0.39 is 11.9 Å². The van der Waals surface area contributed by atoms with E-state index in [-0.39, 0.29) is 17.9 Å². The van der Waals surface area contributed by atoms with Gasteiger partial charge in [-0.3, -0.25) is 19.2 Å². The first kappa shape index (κ1) is 23.9. The highest BCUT2D eigenvalue weighted by atomic mass is 19.4. The third-order valence-corrected chi connectivity index (χ3v) is 6.30. The van der Waals surface area contributed by atoms with Crippen molar-refractivity contribution in [3.05, 3.63) is 70.9 Å². The maximum absolute atomic E-state index is 13.4. The first-order valence-electron chi connectivity index (χ1n) is 11.5. The standard InChI is InChI=1S/C26H27F3N4O/c1-4-16(3)12-23(34)19-7-6-17(13-18(19)5-2)14-21-25-32-15-22(33(25)11-10-30-21)20-8-9-31-24(20)26(27,28)29/h6-8,10-11,13,15-16H,4-5,9,12,14H2,1-3H3/t16-/m1/s1. The Kier molecular flexibility index (Phi) is 6.68. The molecule has 0 N–H and O–H groups in total. The number of benzene rings is 1. The molecule has 34 heavy (non-hydrogen) atoms. The van der Waals surface area contributed by atoms with Crippen LogP contribution in [0.2, 0.25) is 0 Å². The van der Waals surface area contributed by atoms with Gasteiger partial charge in [0.15, 0.2) is 11.4 Å². The molecule has 0 spiro atoms. The van der Waals surface area contributed by atoms with Crippen LogP contribution in [0.3, 0.4) is 0 Å². The summed E-state index contributed by atoms with van der Waals surface area (Å²) in [5, 5.41) is 0. The molecule has 1 atom stereocenters. The monoisotopic (exact) mass is 468 g/mol. The highest BCUT2D eigenvalue weighted by Crippen LogP contribution is 2.32. The molecule has 8 heteroatoms. The molecule has 1 aliphatic heterocycles. The lowest BCUT2D eigenvalue weighted by molar-refractivity contribution is -0.0571. The van der Waals surface area contributed by atoms with E-state index in [1.807, 2.05) is 25.1 Å². The minimum atomic E-state index is -4.52. The van der Waals surface area contributed by atoms with Crippen LogP contribution in [-0.2, 0) is 12.8 Å². The molecule has 0 amide bonds. The van der Waals surface area contributed by atoms with Gasteiger partial charge in [-0.25, -0.2) is 4.98 Å². The van der Waals surface area contributed by atoms with E-state index in [9.17, 15) is 18.0 Å². The number of halogens is 3. The Bertz CT molecular complexity index is 1290. The summed E-state index contributed by atoms with van der Waals surface area (Å²) >= 11 is 0. The maximum Gasteiger partial charge on any atom is 0.433 e. The minimum Gasteiger partial charge on any atom is -0.297 e. The zero-order chi connectivity index (χ0) is 24.5. The molecule has 1 aliphatic rings. The highest BCUT2D eigenvalue weighted by molar-refractivity contribution is 6.27. The van der Waals surface area contributed by atoms with Crippen LogP contribution in [0.25, 0.3) is 11.2 Å². The van der Waals surface area contributed by atoms with Gasteiger partial charge in [0.25, 0.3) is 0 Å². The van der Waals surface area contributed by atoms with Crippen molar-refractivity contribution in [1.82, 2.24) is 14.4 Å². The van der Waals surface area contributed by atoms with Gasteiger partial charge in [0.1, 0.15) is 5.71 Å². The lowest BCUT2D eigenvalue weighted by atomic mass is 9.92. The summed E-state index contributed by atoms with van der Waals surface area (Å²) in [7, 11) is 0. The molecule has 3 aromatic rings.